The molecule has 0 spiro atoms. The van der Waals surface area contributed by atoms with Gasteiger partial charge in [-0.3, -0.25) is 19.3 Å². The van der Waals surface area contributed by atoms with Gasteiger partial charge in [0.25, 0.3) is 0 Å². The van der Waals surface area contributed by atoms with E-state index in [4.69, 9.17) is 0 Å². The van der Waals surface area contributed by atoms with Crippen molar-refractivity contribution in [3.8, 4) is 0 Å². The van der Waals surface area contributed by atoms with Gasteiger partial charge in [-0.15, -0.1) is 0 Å². The highest BCUT2D eigenvalue weighted by Crippen LogP contribution is 2.26. The Labute approximate surface area is 138 Å². The first-order valence-electron chi connectivity index (χ1n) is 7.01. The molecule has 1 aliphatic rings. The average Bonchev–Trinajstić information content (AvgIpc) is 2.71. The van der Waals surface area contributed by atoms with Gasteiger partial charge in [-0.1, -0.05) is 36.3 Å². The minimum atomic E-state index is -0.205. The fourth-order valence-electron chi connectivity index (χ4n) is 2.19. The number of likely N-dealkylation sites (tertiary alicyclic amines) is 1. The van der Waals surface area contributed by atoms with Crippen molar-refractivity contribution >= 4 is 50.0 Å². The first-order chi connectivity index (χ1) is 9.97. The second-order valence-electron chi connectivity index (χ2n) is 5.29. The molecule has 0 aromatic carbocycles. The molecule has 0 saturated carbocycles. The Balaban J connectivity index is 2.24. The molecule has 120 valence electrons. The van der Waals surface area contributed by atoms with Gasteiger partial charge >= 0.3 is 0 Å². The summed E-state index contributed by atoms with van der Waals surface area (Å²) in [7, 11) is 2.99. The Bertz CT molecular complexity index is 391. The SMILES string of the molecule is CC(C)C1CC(=O)N(CCNC(=O)CCCSSS)C1=O. The van der Waals surface area contributed by atoms with Crippen LogP contribution in [0.25, 0.3) is 0 Å². The van der Waals surface area contributed by atoms with Gasteiger partial charge < -0.3 is 5.32 Å². The number of rotatable bonds is 9. The molecule has 0 aromatic heterocycles. The van der Waals surface area contributed by atoms with E-state index in [2.05, 4.69) is 17.0 Å². The van der Waals surface area contributed by atoms with E-state index in [-0.39, 0.29) is 36.1 Å². The van der Waals surface area contributed by atoms with Crippen molar-refractivity contribution in [2.75, 3.05) is 18.8 Å². The van der Waals surface area contributed by atoms with E-state index in [0.717, 1.165) is 12.2 Å². The molecule has 1 N–H and O–H groups in total. The van der Waals surface area contributed by atoms with E-state index in [9.17, 15) is 14.4 Å². The Morgan fingerprint density at radius 2 is 2.19 bits per heavy atom. The number of hydrogen-bond acceptors (Lipinski definition) is 6. The monoisotopic (exact) mass is 350 g/mol. The molecule has 0 aliphatic carbocycles. The molecule has 0 radical (unpaired) electrons. The number of nitrogens with one attached hydrogen (secondary N) is 1. The molecule has 1 atom stereocenters. The molecule has 0 aromatic rings. The molecule has 1 fully saturated rings. The lowest BCUT2D eigenvalue weighted by molar-refractivity contribution is -0.140. The van der Waals surface area contributed by atoms with Crippen LogP contribution in [0.2, 0.25) is 0 Å². The standard InChI is InChI=1S/C13H22N2O3S3/c1-9(2)10-8-12(17)15(13(10)18)6-5-14-11(16)4-3-7-20-21-19/h9-10,19H,3-8H2,1-2H3,(H,14,16). The summed E-state index contributed by atoms with van der Waals surface area (Å²) in [6.07, 6.45) is 1.54. The van der Waals surface area contributed by atoms with Crippen LogP contribution in [-0.4, -0.2) is 41.5 Å². The number of thiol groups is 1. The molecule has 1 rings (SSSR count). The predicted octanol–water partition coefficient (Wildman–Crippen LogP) is 2.14. The van der Waals surface area contributed by atoms with Crippen LogP contribution in [-0.2, 0) is 14.4 Å². The molecule has 1 saturated heterocycles. The zero-order valence-electron chi connectivity index (χ0n) is 12.3. The van der Waals surface area contributed by atoms with Crippen LogP contribution in [0.1, 0.15) is 33.1 Å². The van der Waals surface area contributed by atoms with Crippen LogP contribution in [0, 0.1) is 11.8 Å². The zero-order valence-corrected chi connectivity index (χ0v) is 14.9. The van der Waals surface area contributed by atoms with E-state index in [1.165, 1.54) is 14.7 Å². The molecular formula is C13H22N2O3S3. The van der Waals surface area contributed by atoms with E-state index in [0.29, 0.717) is 19.4 Å². The summed E-state index contributed by atoms with van der Waals surface area (Å²) in [6, 6.07) is 0. The molecular weight excluding hydrogens is 328 g/mol. The average molecular weight is 351 g/mol. The highest BCUT2D eigenvalue weighted by molar-refractivity contribution is 9.05. The first-order valence-corrected chi connectivity index (χ1v) is 10.4. The smallest absolute Gasteiger partial charge is 0.233 e. The van der Waals surface area contributed by atoms with Crippen molar-refractivity contribution in [1.29, 1.82) is 0 Å². The second kappa shape index (κ2) is 9.63. The molecule has 1 heterocycles. The molecule has 3 amide bonds. The quantitative estimate of drug-likeness (QED) is 0.289. The molecule has 21 heavy (non-hydrogen) atoms. The van der Waals surface area contributed by atoms with Gasteiger partial charge in [-0.2, -0.15) is 0 Å². The van der Waals surface area contributed by atoms with Crippen LogP contribution in [0.3, 0.4) is 0 Å². The highest BCUT2D eigenvalue weighted by atomic mass is 33.5. The summed E-state index contributed by atoms with van der Waals surface area (Å²) < 4.78 is 0. The number of carbonyl (C=O) groups is 3. The van der Waals surface area contributed by atoms with Crippen molar-refractivity contribution in [3.63, 3.8) is 0 Å². The number of carbonyl (C=O) groups excluding carboxylic acids is 3. The van der Waals surface area contributed by atoms with Crippen LogP contribution in [0.4, 0.5) is 0 Å². The van der Waals surface area contributed by atoms with Crippen LogP contribution >= 0.6 is 32.3 Å². The number of hydrogen-bond donors (Lipinski definition) is 2. The van der Waals surface area contributed by atoms with Gasteiger partial charge in [0.1, 0.15) is 0 Å². The largest absolute Gasteiger partial charge is 0.354 e. The zero-order chi connectivity index (χ0) is 15.8. The fourth-order valence-corrected chi connectivity index (χ4v) is 3.77. The highest BCUT2D eigenvalue weighted by Gasteiger charge is 2.39. The van der Waals surface area contributed by atoms with E-state index in [1.54, 1.807) is 10.8 Å². The van der Waals surface area contributed by atoms with Gasteiger partial charge in [0.15, 0.2) is 0 Å². The third-order valence-corrected chi connectivity index (χ3v) is 5.75. The molecule has 1 unspecified atom stereocenters. The van der Waals surface area contributed by atoms with E-state index >= 15 is 0 Å². The van der Waals surface area contributed by atoms with Crippen molar-refractivity contribution in [2.45, 2.75) is 33.1 Å². The van der Waals surface area contributed by atoms with Crippen molar-refractivity contribution in [1.82, 2.24) is 10.2 Å². The molecule has 8 heteroatoms. The summed E-state index contributed by atoms with van der Waals surface area (Å²) in [4.78, 5) is 36.7. The lowest BCUT2D eigenvalue weighted by Crippen LogP contribution is -2.38. The predicted molar refractivity (Wildman–Crippen MR) is 90.9 cm³/mol. The second-order valence-corrected chi connectivity index (χ2v) is 8.58. The lowest BCUT2D eigenvalue weighted by Gasteiger charge is -2.16. The Morgan fingerprint density at radius 3 is 2.76 bits per heavy atom. The van der Waals surface area contributed by atoms with Gasteiger partial charge in [0.2, 0.25) is 17.7 Å². The van der Waals surface area contributed by atoms with E-state index in [1.807, 2.05) is 13.8 Å². The Morgan fingerprint density at radius 1 is 1.48 bits per heavy atom. The van der Waals surface area contributed by atoms with Crippen molar-refractivity contribution < 1.29 is 14.4 Å². The maximum Gasteiger partial charge on any atom is 0.233 e. The summed E-state index contributed by atoms with van der Waals surface area (Å²) in [5, 5.41) is 2.75. The van der Waals surface area contributed by atoms with Gasteiger partial charge in [-0.05, 0) is 22.2 Å². The lowest BCUT2D eigenvalue weighted by atomic mass is 9.94. The Hall–Kier alpha value is -0.340. The first kappa shape index (κ1) is 18.7. The maximum atomic E-state index is 12.1. The van der Waals surface area contributed by atoms with Crippen LogP contribution < -0.4 is 5.32 Å². The third-order valence-electron chi connectivity index (χ3n) is 3.43. The number of nitrogens with zero attached hydrogens (tertiary/aromatic N) is 1. The normalized spacial score (nSPS) is 18.7. The Kier molecular flexibility index (Phi) is 8.58. The fraction of sp³-hybridized carbons (Fsp3) is 0.769. The van der Waals surface area contributed by atoms with E-state index < -0.39 is 0 Å². The summed E-state index contributed by atoms with van der Waals surface area (Å²) in [5.74, 6) is 0.564. The summed E-state index contributed by atoms with van der Waals surface area (Å²) >= 11 is 4.00. The summed E-state index contributed by atoms with van der Waals surface area (Å²) in [6.45, 7) is 4.49. The number of imide groups is 1. The van der Waals surface area contributed by atoms with Crippen LogP contribution in [0.5, 0.6) is 0 Å². The van der Waals surface area contributed by atoms with Gasteiger partial charge in [0, 0.05) is 37.6 Å². The van der Waals surface area contributed by atoms with Gasteiger partial charge in [-0.25, -0.2) is 0 Å². The molecule has 1 aliphatic heterocycles. The third kappa shape index (κ3) is 6.12. The number of amides is 3. The summed E-state index contributed by atoms with van der Waals surface area (Å²) in [5.41, 5.74) is 0. The molecule has 0 bridgehead atoms. The minimum absolute atomic E-state index is 0.0423. The van der Waals surface area contributed by atoms with Crippen molar-refractivity contribution in [2.24, 2.45) is 11.8 Å². The maximum absolute atomic E-state index is 12.1. The molecule has 5 nitrogen and oxygen atoms in total. The van der Waals surface area contributed by atoms with Crippen LogP contribution in [0.15, 0.2) is 0 Å². The van der Waals surface area contributed by atoms with Gasteiger partial charge in [0.05, 0.1) is 0 Å². The van der Waals surface area contributed by atoms with Crippen molar-refractivity contribution in [3.05, 3.63) is 0 Å². The topological polar surface area (TPSA) is 66.5 Å². The minimum Gasteiger partial charge on any atom is -0.354 e.